The standard InChI is InChI=1S/C18H20N2O3/c19-17(21)23-16-15(7-4-12-20-16)18(22)10-8-14(9-11-18)13-5-2-1-3-6-13/h1-7,12,14,22H,8-11H2,(H2,19,21). The average molecular weight is 312 g/mol. The van der Waals surface area contributed by atoms with E-state index in [0.717, 1.165) is 12.8 Å². The van der Waals surface area contributed by atoms with Gasteiger partial charge in [-0.1, -0.05) is 30.3 Å². The van der Waals surface area contributed by atoms with Crippen LogP contribution in [0.4, 0.5) is 4.79 Å². The van der Waals surface area contributed by atoms with E-state index >= 15 is 0 Å². The summed E-state index contributed by atoms with van der Waals surface area (Å²) >= 11 is 0. The van der Waals surface area contributed by atoms with Gasteiger partial charge < -0.3 is 15.6 Å². The van der Waals surface area contributed by atoms with Crippen LogP contribution in [0.5, 0.6) is 5.88 Å². The Labute approximate surface area is 135 Å². The zero-order chi connectivity index (χ0) is 16.3. The number of aromatic nitrogens is 1. The first-order valence-corrected chi connectivity index (χ1v) is 7.78. The van der Waals surface area contributed by atoms with E-state index in [9.17, 15) is 9.90 Å². The number of benzene rings is 1. The van der Waals surface area contributed by atoms with Gasteiger partial charge in [0, 0.05) is 11.8 Å². The minimum atomic E-state index is -1.04. The molecule has 0 saturated heterocycles. The molecule has 1 heterocycles. The minimum absolute atomic E-state index is 0.0978. The molecule has 1 aromatic carbocycles. The maximum atomic E-state index is 11.0. The molecule has 1 aliphatic carbocycles. The van der Waals surface area contributed by atoms with E-state index in [1.807, 2.05) is 18.2 Å². The Morgan fingerprint density at radius 1 is 1.17 bits per heavy atom. The number of aliphatic hydroxyl groups is 1. The molecule has 1 fully saturated rings. The van der Waals surface area contributed by atoms with E-state index in [1.54, 1.807) is 12.1 Å². The number of ether oxygens (including phenoxy) is 1. The molecule has 3 rings (SSSR count). The SMILES string of the molecule is NC(=O)Oc1ncccc1C1(O)CCC(c2ccccc2)CC1. The van der Waals surface area contributed by atoms with Gasteiger partial charge in [-0.15, -0.1) is 0 Å². The first-order chi connectivity index (χ1) is 11.1. The second kappa shape index (κ2) is 6.38. The van der Waals surface area contributed by atoms with E-state index in [-0.39, 0.29) is 5.88 Å². The minimum Gasteiger partial charge on any atom is -0.391 e. The van der Waals surface area contributed by atoms with Gasteiger partial charge in [0.05, 0.1) is 5.60 Å². The summed E-state index contributed by atoms with van der Waals surface area (Å²) in [5.74, 6) is 0.536. The fourth-order valence-corrected chi connectivity index (χ4v) is 3.34. The number of hydrogen-bond donors (Lipinski definition) is 2. The van der Waals surface area contributed by atoms with Gasteiger partial charge in [-0.3, -0.25) is 0 Å². The molecule has 1 saturated carbocycles. The molecule has 0 aliphatic heterocycles. The predicted molar refractivity (Wildman–Crippen MR) is 86.0 cm³/mol. The van der Waals surface area contributed by atoms with E-state index in [4.69, 9.17) is 10.5 Å². The summed E-state index contributed by atoms with van der Waals surface area (Å²) in [6.07, 6.45) is 3.50. The van der Waals surface area contributed by atoms with Crippen molar-refractivity contribution in [3.63, 3.8) is 0 Å². The Balaban J connectivity index is 1.79. The number of hydrogen-bond acceptors (Lipinski definition) is 4. The summed E-state index contributed by atoms with van der Waals surface area (Å²) in [6, 6.07) is 13.8. The third kappa shape index (κ3) is 3.35. The first kappa shape index (κ1) is 15.5. The van der Waals surface area contributed by atoms with Gasteiger partial charge in [-0.2, -0.15) is 0 Å². The van der Waals surface area contributed by atoms with Gasteiger partial charge in [0.25, 0.3) is 0 Å². The second-order valence-electron chi connectivity index (χ2n) is 5.99. The Kier molecular flexibility index (Phi) is 4.30. The quantitative estimate of drug-likeness (QED) is 0.912. The summed E-state index contributed by atoms with van der Waals surface area (Å²) in [4.78, 5) is 15.1. The molecule has 5 heteroatoms. The van der Waals surface area contributed by atoms with Gasteiger partial charge in [0.15, 0.2) is 0 Å². The fraction of sp³-hybridized carbons (Fsp3) is 0.333. The van der Waals surface area contributed by atoms with E-state index < -0.39 is 11.7 Å². The van der Waals surface area contributed by atoms with Crippen molar-refractivity contribution in [2.24, 2.45) is 5.73 Å². The highest BCUT2D eigenvalue weighted by molar-refractivity contribution is 5.68. The van der Waals surface area contributed by atoms with Gasteiger partial charge in [-0.05, 0) is 49.3 Å². The Morgan fingerprint density at radius 2 is 1.87 bits per heavy atom. The zero-order valence-corrected chi connectivity index (χ0v) is 12.8. The van der Waals surface area contributed by atoms with Crippen LogP contribution in [0.2, 0.25) is 0 Å². The normalized spacial score (nSPS) is 24.1. The first-order valence-electron chi connectivity index (χ1n) is 7.78. The summed E-state index contributed by atoms with van der Waals surface area (Å²) < 4.78 is 4.94. The Hall–Kier alpha value is -2.40. The largest absolute Gasteiger partial charge is 0.411 e. The lowest BCUT2D eigenvalue weighted by molar-refractivity contribution is -0.00765. The van der Waals surface area contributed by atoms with Gasteiger partial charge in [-0.25, -0.2) is 9.78 Å². The van der Waals surface area contributed by atoms with Crippen molar-refractivity contribution in [2.45, 2.75) is 37.2 Å². The number of pyridine rings is 1. The third-order valence-electron chi connectivity index (χ3n) is 4.55. The Bertz CT molecular complexity index is 680. The number of rotatable bonds is 3. The highest BCUT2D eigenvalue weighted by Gasteiger charge is 2.38. The maximum absolute atomic E-state index is 11.0. The van der Waals surface area contributed by atoms with Crippen LogP contribution in [0.3, 0.4) is 0 Å². The van der Waals surface area contributed by atoms with Crippen LogP contribution in [-0.2, 0) is 5.60 Å². The van der Waals surface area contributed by atoms with Crippen molar-refractivity contribution in [3.8, 4) is 5.88 Å². The fourth-order valence-electron chi connectivity index (χ4n) is 3.34. The topological polar surface area (TPSA) is 85.4 Å². The second-order valence-corrected chi connectivity index (χ2v) is 5.99. The summed E-state index contributed by atoms with van der Waals surface area (Å²) in [5.41, 5.74) is 5.88. The van der Waals surface area contributed by atoms with Crippen LogP contribution >= 0.6 is 0 Å². The van der Waals surface area contributed by atoms with Gasteiger partial charge >= 0.3 is 6.09 Å². The summed E-state index contributed by atoms with van der Waals surface area (Å²) in [5, 5.41) is 11.0. The van der Waals surface area contributed by atoms with Crippen molar-refractivity contribution >= 4 is 6.09 Å². The molecule has 0 bridgehead atoms. The van der Waals surface area contributed by atoms with Crippen molar-refractivity contribution in [3.05, 3.63) is 59.8 Å². The van der Waals surface area contributed by atoms with Crippen LogP contribution in [0, 0.1) is 0 Å². The maximum Gasteiger partial charge on any atom is 0.411 e. The molecule has 3 N–H and O–H groups in total. The highest BCUT2D eigenvalue weighted by Crippen LogP contribution is 2.45. The molecule has 0 atom stereocenters. The lowest BCUT2D eigenvalue weighted by Gasteiger charge is -2.36. The molecule has 5 nitrogen and oxygen atoms in total. The van der Waals surface area contributed by atoms with Gasteiger partial charge in [0.2, 0.25) is 5.88 Å². The number of carbonyl (C=O) groups is 1. The smallest absolute Gasteiger partial charge is 0.391 e. The highest BCUT2D eigenvalue weighted by atomic mass is 16.6. The molecule has 1 aliphatic rings. The Morgan fingerprint density at radius 3 is 2.52 bits per heavy atom. The van der Waals surface area contributed by atoms with E-state index in [2.05, 4.69) is 17.1 Å². The molecule has 0 spiro atoms. The molecule has 2 aromatic rings. The molecule has 1 aromatic heterocycles. The molecule has 1 amide bonds. The lowest BCUT2D eigenvalue weighted by atomic mass is 9.73. The molecule has 0 radical (unpaired) electrons. The van der Waals surface area contributed by atoms with Gasteiger partial charge in [0.1, 0.15) is 0 Å². The average Bonchev–Trinajstić information content (AvgIpc) is 2.56. The van der Waals surface area contributed by atoms with Crippen LogP contribution in [0.25, 0.3) is 0 Å². The van der Waals surface area contributed by atoms with Crippen LogP contribution in [-0.4, -0.2) is 16.2 Å². The van der Waals surface area contributed by atoms with Crippen molar-refractivity contribution < 1.29 is 14.6 Å². The third-order valence-corrected chi connectivity index (χ3v) is 4.55. The van der Waals surface area contributed by atoms with Crippen LogP contribution < -0.4 is 10.5 Å². The number of amides is 1. The number of nitrogens with two attached hydrogens (primary N) is 1. The zero-order valence-electron chi connectivity index (χ0n) is 12.8. The van der Waals surface area contributed by atoms with Crippen LogP contribution in [0.15, 0.2) is 48.7 Å². The molecular weight excluding hydrogens is 292 g/mol. The van der Waals surface area contributed by atoms with E-state index in [0.29, 0.717) is 24.3 Å². The molecule has 23 heavy (non-hydrogen) atoms. The predicted octanol–water partition coefficient (Wildman–Crippen LogP) is 3.08. The van der Waals surface area contributed by atoms with Crippen LogP contribution in [0.1, 0.15) is 42.7 Å². The number of carbonyl (C=O) groups excluding carboxylic acids is 1. The molecule has 0 unspecified atom stereocenters. The van der Waals surface area contributed by atoms with Crippen molar-refractivity contribution in [1.82, 2.24) is 4.98 Å². The summed E-state index contributed by atoms with van der Waals surface area (Å²) in [7, 11) is 0. The number of primary amides is 1. The monoisotopic (exact) mass is 312 g/mol. The molecular formula is C18H20N2O3. The number of nitrogens with zero attached hydrogens (tertiary/aromatic N) is 1. The van der Waals surface area contributed by atoms with Crippen molar-refractivity contribution in [1.29, 1.82) is 0 Å². The molecule has 120 valence electrons. The lowest BCUT2D eigenvalue weighted by Crippen LogP contribution is -2.32. The van der Waals surface area contributed by atoms with Crippen molar-refractivity contribution in [2.75, 3.05) is 0 Å². The summed E-state index contributed by atoms with van der Waals surface area (Å²) in [6.45, 7) is 0. The van der Waals surface area contributed by atoms with E-state index in [1.165, 1.54) is 11.8 Å².